The van der Waals surface area contributed by atoms with Crippen molar-refractivity contribution in [3.8, 4) is 5.75 Å². The lowest BCUT2D eigenvalue weighted by atomic mass is 10.2. The van der Waals surface area contributed by atoms with Gasteiger partial charge in [0.05, 0.1) is 6.10 Å². The number of rotatable bonds is 6. The average Bonchev–Trinajstić information content (AvgIpc) is 2.52. The Morgan fingerprint density at radius 1 is 1.27 bits per heavy atom. The summed E-state index contributed by atoms with van der Waals surface area (Å²) in [5.74, 6) is 0.341. The van der Waals surface area contributed by atoms with Gasteiger partial charge in [-0.05, 0) is 31.2 Å². The number of hydrogen-bond acceptors (Lipinski definition) is 3. The minimum Gasteiger partial charge on any atom is -0.489 e. The highest BCUT2D eigenvalue weighted by atomic mass is 35.5. The lowest BCUT2D eigenvalue weighted by molar-refractivity contribution is 0.0923. The molecule has 5 heteroatoms. The molecule has 0 aromatic heterocycles. The van der Waals surface area contributed by atoms with Crippen LogP contribution < -0.4 is 10.1 Å². The highest BCUT2D eigenvalue weighted by molar-refractivity contribution is 6.31. The molecule has 0 heterocycles. The van der Waals surface area contributed by atoms with Crippen molar-refractivity contribution >= 4 is 17.5 Å². The SMILES string of the molecule is CC(O)CNC(=O)c1cccc(OCc2ccccc2Cl)c1. The fourth-order valence-electron chi connectivity index (χ4n) is 1.85. The smallest absolute Gasteiger partial charge is 0.251 e. The Morgan fingerprint density at radius 3 is 2.77 bits per heavy atom. The summed E-state index contributed by atoms with van der Waals surface area (Å²) in [5.41, 5.74) is 1.37. The molecule has 0 fully saturated rings. The fraction of sp³-hybridized carbons (Fsp3) is 0.235. The van der Waals surface area contributed by atoms with Crippen molar-refractivity contribution in [1.82, 2.24) is 5.32 Å². The number of aliphatic hydroxyl groups excluding tert-OH is 1. The van der Waals surface area contributed by atoms with Crippen molar-refractivity contribution in [3.05, 3.63) is 64.7 Å². The number of aliphatic hydroxyl groups is 1. The van der Waals surface area contributed by atoms with E-state index in [1.54, 1.807) is 37.3 Å². The van der Waals surface area contributed by atoms with Crippen molar-refractivity contribution in [2.45, 2.75) is 19.6 Å². The highest BCUT2D eigenvalue weighted by Gasteiger charge is 2.08. The number of nitrogens with one attached hydrogen (secondary N) is 1. The number of ether oxygens (including phenoxy) is 1. The predicted molar refractivity (Wildman–Crippen MR) is 86.2 cm³/mol. The van der Waals surface area contributed by atoms with Crippen molar-refractivity contribution in [2.24, 2.45) is 0 Å². The molecule has 0 aliphatic rings. The van der Waals surface area contributed by atoms with Gasteiger partial charge in [0.25, 0.3) is 5.91 Å². The zero-order valence-corrected chi connectivity index (χ0v) is 13.0. The van der Waals surface area contributed by atoms with E-state index in [1.165, 1.54) is 0 Å². The molecule has 22 heavy (non-hydrogen) atoms. The van der Waals surface area contributed by atoms with Crippen LogP contribution in [0.1, 0.15) is 22.8 Å². The molecule has 0 saturated heterocycles. The summed E-state index contributed by atoms with van der Waals surface area (Å²) < 4.78 is 5.68. The Kier molecular flexibility index (Phi) is 5.81. The number of halogens is 1. The van der Waals surface area contributed by atoms with Crippen LogP contribution in [0.2, 0.25) is 5.02 Å². The maximum absolute atomic E-state index is 11.9. The molecule has 0 aliphatic carbocycles. The summed E-state index contributed by atoms with van der Waals surface area (Å²) in [6.45, 7) is 2.16. The van der Waals surface area contributed by atoms with Gasteiger partial charge in [0.15, 0.2) is 0 Å². The quantitative estimate of drug-likeness (QED) is 0.860. The van der Waals surface area contributed by atoms with Crippen molar-refractivity contribution in [3.63, 3.8) is 0 Å². The van der Waals surface area contributed by atoms with Crippen LogP contribution in [-0.2, 0) is 6.61 Å². The van der Waals surface area contributed by atoms with Gasteiger partial charge in [-0.25, -0.2) is 0 Å². The summed E-state index contributed by atoms with van der Waals surface area (Å²) in [4.78, 5) is 11.9. The van der Waals surface area contributed by atoms with Gasteiger partial charge in [-0.2, -0.15) is 0 Å². The normalized spacial score (nSPS) is 11.8. The summed E-state index contributed by atoms with van der Waals surface area (Å²) in [7, 11) is 0. The Labute approximate surface area is 134 Å². The molecule has 0 saturated carbocycles. The molecule has 0 radical (unpaired) electrons. The molecule has 1 amide bonds. The van der Waals surface area contributed by atoms with Crippen LogP contribution in [-0.4, -0.2) is 23.7 Å². The maximum Gasteiger partial charge on any atom is 0.251 e. The standard InChI is InChI=1S/C17H18ClNO3/c1-12(20)10-19-17(21)13-6-4-7-15(9-13)22-11-14-5-2-3-8-16(14)18/h2-9,12,20H,10-11H2,1H3,(H,19,21). The van der Waals surface area contributed by atoms with Gasteiger partial charge in [0.2, 0.25) is 0 Å². The predicted octanol–water partition coefficient (Wildman–Crippen LogP) is 3.03. The van der Waals surface area contributed by atoms with Crippen molar-refractivity contribution < 1.29 is 14.6 Å². The van der Waals surface area contributed by atoms with Crippen LogP contribution >= 0.6 is 11.6 Å². The van der Waals surface area contributed by atoms with E-state index in [0.717, 1.165) is 5.56 Å². The van der Waals surface area contributed by atoms with E-state index >= 15 is 0 Å². The van der Waals surface area contributed by atoms with Crippen LogP contribution in [0.4, 0.5) is 0 Å². The van der Waals surface area contributed by atoms with Gasteiger partial charge < -0.3 is 15.2 Å². The zero-order valence-electron chi connectivity index (χ0n) is 12.3. The Balaban J connectivity index is 1.99. The van der Waals surface area contributed by atoms with Gasteiger partial charge in [-0.1, -0.05) is 35.9 Å². The molecule has 2 aromatic carbocycles. The summed E-state index contributed by atoms with van der Waals surface area (Å²) >= 11 is 6.08. The largest absolute Gasteiger partial charge is 0.489 e. The fourth-order valence-corrected chi connectivity index (χ4v) is 2.04. The molecule has 2 rings (SSSR count). The van der Waals surface area contributed by atoms with Gasteiger partial charge in [0, 0.05) is 22.7 Å². The Hall–Kier alpha value is -2.04. The lowest BCUT2D eigenvalue weighted by Crippen LogP contribution is -2.30. The van der Waals surface area contributed by atoms with E-state index in [2.05, 4.69) is 5.32 Å². The van der Waals surface area contributed by atoms with Crippen LogP contribution in [0, 0.1) is 0 Å². The van der Waals surface area contributed by atoms with Gasteiger partial charge in [0.1, 0.15) is 12.4 Å². The topological polar surface area (TPSA) is 58.6 Å². The van der Waals surface area contributed by atoms with Crippen LogP contribution in [0.25, 0.3) is 0 Å². The molecule has 1 atom stereocenters. The molecule has 2 aromatic rings. The molecule has 2 N–H and O–H groups in total. The summed E-state index contributed by atoms with van der Waals surface area (Å²) in [6.07, 6.45) is -0.580. The molecule has 1 unspecified atom stereocenters. The van der Waals surface area contributed by atoms with E-state index in [1.807, 2.05) is 18.2 Å². The maximum atomic E-state index is 11.9. The van der Waals surface area contributed by atoms with E-state index in [0.29, 0.717) is 22.9 Å². The second kappa shape index (κ2) is 7.82. The monoisotopic (exact) mass is 319 g/mol. The number of carbonyl (C=O) groups is 1. The van der Waals surface area contributed by atoms with Crippen molar-refractivity contribution in [2.75, 3.05) is 6.54 Å². The first-order valence-corrected chi connectivity index (χ1v) is 7.36. The number of hydrogen-bond donors (Lipinski definition) is 2. The number of amides is 1. The highest BCUT2D eigenvalue weighted by Crippen LogP contribution is 2.19. The molecule has 4 nitrogen and oxygen atoms in total. The lowest BCUT2D eigenvalue weighted by Gasteiger charge is -2.10. The molecular formula is C17H18ClNO3. The van der Waals surface area contributed by atoms with Crippen LogP contribution in [0.3, 0.4) is 0 Å². The van der Waals surface area contributed by atoms with E-state index in [-0.39, 0.29) is 12.5 Å². The number of benzene rings is 2. The second-order valence-electron chi connectivity index (χ2n) is 4.97. The third-order valence-corrected chi connectivity index (χ3v) is 3.38. The Morgan fingerprint density at radius 2 is 2.05 bits per heavy atom. The molecule has 0 spiro atoms. The van der Waals surface area contributed by atoms with E-state index in [4.69, 9.17) is 16.3 Å². The summed E-state index contributed by atoms with van der Waals surface area (Å²) in [5, 5.41) is 12.5. The first-order valence-electron chi connectivity index (χ1n) is 6.99. The molecule has 116 valence electrons. The minimum absolute atomic E-state index is 0.212. The van der Waals surface area contributed by atoms with E-state index < -0.39 is 6.10 Å². The first kappa shape index (κ1) is 16.3. The minimum atomic E-state index is -0.580. The third-order valence-electron chi connectivity index (χ3n) is 3.01. The molecule has 0 aliphatic heterocycles. The second-order valence-corrected chi connectivity index (χ2v) is 5.37. The van der Waals surface area contributed by atoms with Gasteiger partial charge in [-0.15, -0.1) is 0 Å². The molecular weight excluding hydrogens is 302 g/mol. The zero-order chi connectivity index (χ0) is 15.9. The Bertz CT molecular complexity index is 643. The van der Waals surface area contributed by atoms with Gasteiger partial charge >= 0.3 is 0 Å². The van der Waals surface area contributed by atoms with Crippen molar-refractivity contribution in [1.29, 1.82) is 0 Å². The average molecular weight is 320 g/mol. The van der Waals surface area contributed by atoms with Crippen LogP contribution in [0.15, 0.2) is 48.5 Å². The summed E-state index contributed by atoms with van der Waals surface area (Å²) in [6, 6.07) is 14.3. The third kappa shape index (κ3) is 4.76. The van der Waals surface area contributed by atoms with Gasteiger partial charge in [-0.3, -0.25) is 4.79 Å². The first-order chi connectivity index (χ1) is 10.6. The molecule has 0 bridgehead atoms. The van der Waals surface area contributed by atoms with Crippen LogP contribution in [0.5, 0.6) is 5.75 Å². The number of carbonyl (C=O) groups excluding carboxylic acids is 1. The van der Waals surface area contributed by atoms with E-state index in [9.17, 15) is 9.90 Å².